The van der Waals surface area contributed by atoms with Crippen molar-refractivity contribution in [1.29, 1.82) is 0 Å². The van der Waals surface area contributed by atoms with Crippen LogP contribution in [0.5, 0.6) is 5.75 Å². The summed E-state index contributed by atoms with van der Waals surface area (Å²) < 4.78 is 10.8. The number of benzene rings is 2. The molecular weight excluding hydrogens is 460 g/mol. The van der Waals surface area contributed by atoms with Crippen LogP contribution in [-0.2, 0) is 29.1 Å². The third-order valence-electron chi connectivity index (χ3n) is 5.80. The van der Waals surface area contributed by atoms with Crippen LogP contribution < -0.4 is 10.1 Å². The van der Waals surface area contributed by atoms with Crippen molar-refractivity contribution >= 4 is 23.2 Å². The van der Waals surface area contributed by atoms with Gasteiger partial charge in [0, 0.05) is 11.4 Å². The lowest BCUT2D eigenvalue weighted by molar-refractivity contribution is -0.141. The molecule has 0 bridgehead atoms. The average molecular weight is 489 g/mol. The van der Waals surface area contributed by atoms with Crippen molar-refractivity contribution in [3.8, 4) is 5.75 Å². The molecule has 180 valence electrons. The second-order valence-corrected chi connectivity index (χ2v) is 9.21. The van der Waals surface area contributed by atoms with Gasteiger partial charge in [0.15, 0.2) is 0 Å². The molecule has 0 spiro atoms. The summed E-state index contributed by atoms with van der Waals surface area (Å²) in [5.41, 5.74) is 2.65. The average Bonchev–Trinajstić information content (AvgIpc) is 3.58. The molecule has 4 rings (SSSR count). The Morgan fingerprint density at radius 1 is 1.03 bits per heavy atom. The van der Waals surface area contributed by atoms with E-state index >= 15 is 0 Å². The second-order valence-electron chi connectivity index (χ2n) is 8.18. The maximum absolute atomic E-state index is 13.7. The lowest BCUT2D eigenvalue weighted by Gasteiger charge is -2.31. The molecule has 1 unspecified atom stereocenters. The fourth-order valence-electron chi connectivity index (χ4n) is 3.93. The van der Waals surface area contributed by atoms with Gasteiger partial charge in [-0.05, 0) is 59.3 Å². The Morgan fingerprint density at radius 3 is 2.49 bits per heavy atom. The summed E-state index contributed by atoms with van der Waals surface area (Å²) in [4.78, 5) is 29.9. The summed E-state index contributed by atoms with van der Waals surface area (Å²) in [5.74, 6) is 0.977. The number of carbonyl (C=O) groups excluding carboxylic acids is 2. The summed E-state index contributed by atoms with van der Waals surface area (Å²) in [6.45, 7) is 2.47. The summed E-state index contributed by atoms with van der Waals surface area (Å²) in [6, 6.07) is 21.8. The molecule has 0 radical (unpaired) electrons. The van der Waals surface area contributed by atoms with Crippen LogP contribution in [0.2, 0.25) is 0 Å². The van der Waals surface area contributed by atoms with Crippen molar-refractivity contribution in [2.75, 3.05) is 7.11 Å². The maximum atomic E-state index is 13.7. The molecule has 2 aromatic heterocycles. The molecule has 6 nitrogen and oxygen atoms in total. The van der Waals surface area contributed by atoms with Gasteiger partial charge in [0.25, 0.3) is 0 Å². The highest BCUT2D eigenvalue weighted by molar-refractivity contribution is 7.10. The fourth-order valence-corrected chi connectivity index (χ4v) is 4.63. The van der Waals surface area contributed by atoms with E-state index in [-0.39, 0.29) is 24.8 Å². The molecule has 2 aromatic carbocycles. The largest absolute Gasteiger partial charge is 0.497 e. The minimum absolute atomic E-state index is 0.142. The van der Waals surface area contributed by atoms with Gasteiger partial charge in [-0.3, -0.25) is 9.59 Å². The molecule has 1 N–H and O–H groups in total. The van der Waals surface area contributed by atoms with E-state index in [0.29, 0.717) is 12.3 Å². The van der Waals surface area contributed by atoms with E-state index in [1.165, 1.54) is 11.3 Å². The van der Waals surface area contributed by atoms with Crippen molar-refractivity contribution in [2.24, 2.45) is 0 Å². The predicted octanol–water partition coefficient (Wildman–Crippen LogP) is 5.29. The van der Waals surface area contributed by atoms with Crippen LogP contribution in [-0.4, -0.2) is 23.8 Å². The first kappa shape index (κ1) is 24.3. The SMILES string of the molecule is COc1ccc(CNC(=O)C(c2ccccc2C)N(Cc2ccco2)C(=O)Cc2cccs2)cc1. The monoisotopic (exact) mass is 488 g/mol. The molecule has 0 aliphatic rings. The number of nitrogens with one attached hydrogen (secondary N) is 1. The number of furan rings is 1. The third kappa shape index (κ3) is 6.19. The van der Waals surface area contributed by atoms with E-state index in [4.69, 9.17) is 9.15 Å². The van der Waals surface area contributed by atoms with Gasteiger partial charge in [-0.2, -0.15) is 0 Å². The van der Waals surface area contributed by atoms with Crippen LogP contribution in [0.1, 0.15) is 33.4 Å². The van der Waals surface area contributed by atoms with Crippen molar-refractivity contribution in [2.45, 2.75) is 32.5 Å². The zero-order chi connectivity index (χ0) is 24.6. The van der Waals surface area contributed by atoms with Crippen LogP contribution in [0.25, 0.3) is 0 Å². The lowest BCUT2D eigenvalue weighted by atomic mass is 9.98. The maximum Gasteiger partial charge on any atom is 0.247 e. The lowest BCUT2D eigenvalue weighted by Crippen LogP contribution is -2.44. The second kappa shape index (κ2) is 11.5. The Kier molecular flexibility index (Phi) is 8.00. The quantitative estimate of drug-likeness (QED) is 0.329. The Labute approximate surface area is 209 Å². The Hall–Kier alpha value is -3.84. The van der Waals surface area contributed by atoms with E-state index in [9.17, 15) is 9.59 Å². The first-order valence-electron chi connectivity index (χ1n) is 11.4. The number of hydrogen-bond donors (Lipinski definition) is 1. The molecule has 2 heterocycles. The number of nitrogens with zero attached hydrogens (tertiary/aromatic N) is 1. The molecule has 0 aliphatic carbocycles. The number of aryl methyl sites for hydroxylation is 1. The first-order chi connectivity index (χ1) is 17.0. The summed E-state index contributed by atoms with van der Waals surface area (Å²) >= 11 is 1.52. The molecule has 1 atom stereocenters. The highest BCUT2D eigenvalue weighted by atomic mass is 32.1. The Morgan fingerprint density at radius 2 is 1.83 bits per heavy atom. The molecular formula is C28H28N2O4S. The van der Waals surface area contributed by atoms with E-state index in [0.717, 1.165) is 27.3 Å². The summed E-state index contributed by atoms with van der Waals surface area (Å²) in [5, 5.41) is 4.98. The number of ether oxygens (including phenoxy) is 1. The van der Waals surface area contributed by atoms with Gasteiger partial charge in [-0.15, -0.1) is 11.3 Å². The van der Waals surface area contributed by atoms with Gasteiger partial charge in [0.05, 0.1) is 26.3 Å². The normalized spacial score (nSPS) is 11.6. The van der Waals surface area contributed by atoms with E-state index in [2.05, 4.69) is 5.32 Å². The number of thiophene rings is 1. The molecule has 7 heteroatoms. The topological polar surface area (TPSA) is 71.8 Å². The number of methoxy groups -OCH3 is 1. The van der Waals surface area contributed by atoms with Gasteiger partial charge in [0.1, 0.15) is 17.6 Å². The smallest absolute Gasteiger partial charge is 0.247 e. The first-order valence-corrected chi connectivity index (χ1v) is 12.2. The van der Waals surface area contributed by atoms with Crippen LogP contribution in [0.4, 0.5) is 0 Å². The van der Waals surface area contributed by atoms with E-state index in [1.54, 1.807) is 24.3 Å². The van der Waals surface area contributed by atoms with Crippen molar-refractivity contribution in [1.82, 2.24) is 10.2 Å². The summed E-state index contributed by atoms with van der Waals surface area (Å²) in [7, 11) is 1.62. The van der Waals surface area contributed by atoms with Crippen molar-refractivity contribution in [3.05, 3.63) is 112 Å². The standard InChI is InChI=1S/C28H28N2O4S/c1-20-7-3-4-10-25(20)27(28(32)29-18-21-11-13-22(33-2)14-12-21)30(19-23-8-5-15-34-23)26(31)17-24-9-6-16-35-24/h3-16,27H,17-19H2,1-2H3,(H,29,32). The van der Waals surface area contributed by atoms with Crippen molar-refractivity contribution < 1.29 is 18.7 Å². The highest BCUT2D eigenvalue weighted by Gasteiger charge is 2.33. The number of rotatable bonds is 10. The van der Waals surface area contributed by atoms with Crippen LogP contribution in [0.15, 0.2) is 88.9 Å². The molecule has 0 fully saturated rings. The predicted molar refractivity (Wildman–Crippen MR) is 136 cm³/mol. The van der Waals surface area contributed by atoms with Gasteiger partial charge in [-0.1, -0.05) is 42.5 Å². The fraction of sp³-hybridized carbons (Fsp3) is 0.214. The third-order valence-corrected chi connectivity index (χ3v) is 6.68. The zero-order valence-electron chi connectivity index (χ0n) is 19.8. The van der Waals surface area contributed by atoms with Gasteiger partial charge < -0.3 is 19.4 Å². The van der Waals surface area contributed by atoms with Gasteiger partial charge in [0.2, 0.25) is 11.8 Å². The van der Waals surface area contributed by atoms with Gasteiger partial charge in [-0.25, -0.2) is 0 Å². The highest BCUT2D eigenvalue weighted by Crippen LogP contribution is 2.28. The molecule has 35 heavy (non-hydrogen) atoms. The number of hydrogen-bond acceptors (Lipinski definition) is 5. The van der Waals surface area contributed by atoms with Crippen LogP contribution >= 0.6 is 11.3 Å². The zero-order valence-corrected chi connectivity index (χ0v) is 20.6. The molecule has 2 amide bonds. The Balaban J connectivity index is 1.64. The minimum Gasteiger partial charge on any atom is -0.497 e. The molecule has 4 aromatic rings. The Bertz CT molecular complexity index is 1230. The van der Waals surface area contributed by atoms with E-state index in [1.807, 2.05) is 79.0 Å². The van der Waals surface area contributed by atoms with E-state index < -0.39 is 6.04 Å². The van der Waals surface area contributed by atoms with Crippen LogP contribution in [0, 0.1) is 6.92 Å². The molecule has 0 aliphatic heterocycles. The summed E-state index contributed by atoms with van der Waals surface area (Å²) in [6.07, 6.45) is 1.79. The van der Waals surface area contributed by atoms with Crippen LogP contribution in [0.3, 0.4) is 0 Å². The van der Waals surface area contributed by atoms with Gasteiger partial charge >= 0.3 is 0 Å². The molecule has 0 saturated carbocycles. The minimum atomic E-state index is -0.813. The number of amides is 2. The molecule has 0 saturated heterocycles. The number of carbonyl (C=O) groups is 2. The van der Waals surface area contributed by atoms with Crippen molar-refractivity contribution in [3.63, 3.8) is 0 Å².